The van der Waals surface area contributed by atoms with E-state index in [1.54, 1.807) is 0 Å². The third-order valence-electron chi connectivity index (χ3n) is 3.31. The van der Waals surface area contributed by atoms with Crippen LogP contribution in [0, 0.1) is 16.7 Å². The van der Waals surface area contributed by atoms with E-state index >= 15 is 0 Å². The highest BCUT2D eigenvalue weighted by molar-refractivity contribution is 5.03. The van der Waals surface area contributed by atoms with E-state index in [2.05, 4.69) is 31.7 Å². The first-order chi connectivity index (χ1) is 6.76. The Bertz CT molecular complexity index is 263. The molecule has 3 heteroatoms. The van der Waals surface area contributed by atoms with Gasteiger partial charge in [0.25, 0.3) is 0 Å². The largest absolute Gasteiger partial charge is 0.314 e. The van der Waals surface area contributed by atoms with E-state index < -0.39 is 5.54 Å². The summed E-state index contributed by atoms with van der Waals surface area (Å²) in [5, 5.41) is 8.89. The molecule has 1 saturated heterocycles. The van der Waals surface area contributed by atoms with E-state index in [1.807, 2.05) is 6.92 Å². The SMILES string of the molecule is CC(CC(C)(N)C#N)N1CCC(C)(C)C1. The molecule has 0 aromatic rings. The highest BCUT2D eigenvalue weighted by Crippen LogP contribution is 2.31. The molecular formula is C12H23N3. The summed E-state index contributed by atoms with van der Waals surface area (Å²) >= 11 is 0. The van der Waals surface area contributed by atoms with Gasteiger partial charge in [-0.25, -0.2) is 0 Å². The summed E-state index contributed by atoms with van der Waals surface area (Å²) in [7, 11) is 0. The molecule has 0 saturated carbocycles. The van der Waals surface area contributed by atoms with Crippen molar-refractivity contribution in [3.05, 3.63) is 0 Å². The maximum Gasteiger partial charge on any atom is 0.102 e. The molecule has 0 spiro atoms. The predicted octanol–water partition coefficient (Wildman–Crippen LogP) is 1.74. The molecule has 1 heterocycles. The topological polar surface area (TPSA) is 53.1 Å². The van der Waals surface area contributed by atoms with Crippen LogP contribution >= 0.6 is 0 Å². The fourth-order valence-electron chi connectivity index (χ4n) is 2.32. The van der Waals surface area contributed by atoms with Gasteiger partial charge in [0.15, 0.2) is 0 Å². The molecule has 15 heavy (non-hydrogen) atoms. The van der Waals surface area contributed by atoms with Crippen molar-refractivity contribution in [2.75, 3.05) is 13.1 Å². The van der Waals surface area contributed by atoms with Crippen LogP contribution in [0.1, 0.15) is 40.5 Å². The average Bonchev–Trinajstić information content (AvgIpc) is 2.45. The minimum Gasteiger partial charge on any atom is -0.314 e. The molecular weight excluding hydrogens is 186 g/mol. The smallest absolute Gasteiger partial charge is 0.102 e. The minimum atomic E-state index is -0.688. The lowest BCUT2D eigenvalue weighted by Crippen LogP contribution is -2.43. The summed E-state index contributed by atoms with van der Waals surface area (Å²) in [6.07, 6.45) is 1.99. The molecule has 1 fully saturated rings. The summed E-state index contributed by atoms with van der Waals surface area (Å²) < 4.78 is 0. The number of rotatable bonds is 3. The van der Waals surface area contributed by atoms with Crippen LogP contribution in [-0.4, -0.2) is 29.6 Å². The van der Waals surface area contributed by atoms with Gasteiger partial charge in [-0.1, -0.05) is 13.8 Å². The predicted molar refractivity (Wildman–Crippen MR) is 62.3 cm³/mol. The molecule has 2 unspecified atom stereocenters. The van der Waals surface area contributed by atoms with Crippen LogP contribution in [0.4, 0.5) is 0 Å². The van der Waals surface area contributed by atoms with Gasteiger partial charge < -0.3 is 10.6 Å². The summed E-state index contributed by atoms with van der Waals surface area (Å²) in [6, 6.07) is 2.57. The number of hydrogen-bond donors (Lipinski definition) is 1. The fourth-order valence-corrected chi connectivity index (χ4v) is 2.32. The molecule has 0 amide bonds. The Labute approximate surface area is 93.2 Å². The Morgan fingerprint density at radius 1 is 1.60 bits per heavy atom. The van der Waals surface area contributed by atoms with E-state index in [-0.39, 0.29) is 0 Å². The first-order valence-corrected chi connectivity index (χ1v) is 5.70. The number of nitriles is 1. The van der Waals surface area contributed by atoms with Gasteiger partial charge in [0.1, 0.15) is 5.54 Å². The van der Waals surface area contributed by atoms with Crippen molar-refractivity contribution in [3.8, 4) is 6.07 Å². The zero-order valence-electron chi connectivity index (χ0n) is 10.4. The van der Waals surface area contributed by atoms with E-state index in [0.29, 0.717) is 11.5 Å². The zero-order chi connectivity index (χ0) is 11.7. The number of nitrogens with zero attached hydrogens (tertiary/aromatic N) is 2. The number of hydrogen-bond acceptors (Lipinski definition) is 3. The third-order valence-corrected chi connectivity index (χ3v) is 3.31. The van der Waals surface area contributed by atoms with Crippen LogP contribution in [0.3, 0.4) is 0 Å². The van der Waals surface area contributed by atoms with Gasteiger partial charge in [-0.3, -0.25) is 0 Å². The quantitative estimate of drug-likeness (QED) is 0.770. The molecule has 3 nitrogen and oxygen atoms in total. The van der Waals surface area contributed by atoms with E-state index in [4.69, 9.17) is 11.0 Å². The molecule has 0 bridgehead atoms. The molecule has 0 aliphatic carbocycles. The minimum absolute atomic E-state index is 0.404. The third kappa shape index (κ3) is 3.48. The van der Waals surface area contributed by atoms with Gasteiger partial charge in [0.2, 0.25) is 0 Å². The lowest BCUT2D eigenvalue weighted by atomic mass is 9.92. The average molecular weight is 209 g/mol. The lowest BCUT2D eigenvalue weighted by molar-refractivity contribution is 0.204. The van der Waals surface area contributed by atoms with Gasteiger partial charge in [-0.05, 0) is 38.6 Å². The second-order valence-electron chi connectivity index (χ2n) is 5.97. The van der Waals surface area contributed by atoms with Crippen molar-refractivity contribution in [2.45, 2.75) is 52.1 Å². The van der Waals surface area contributed by atoms with Gasteiger partial charge in [0.05, 0.1) is 6.07 Å². The molecule has 0 radical (unpaired) electrons. The van der Waals surface area contributed by atoms with Crippen LogP contribution < -0.4 is 5.73 Å². The van der Waals surface area contributed by atoms with E-state index in [1.165, 1.54) is 6.42 Å². The van der Waals surface area contributed by atoms with Crippen LogP contribution in [-0.2, 0) is 0 Å². The molecule has 1 aliphatic heterocycles. The summed E-state index contributed by atoms with van der Waals surface area (Å²) in [6.45, 7) is 10.8. The molecule has 86 valence electrons. The molecule has 2 N–H and O–H groups in total. The highest BCUT2D eigenvalue weighted by Gasteiger charge is 2.33. The molecule has 0 aromatic heterocycles. The van der Waals surface area contributed by atoms with Crippen molar-refractivity contribution < 1.29 is 0 Å². The first-order valence-electron chi connectivity index (χ1n) is 5.70. The first kappa shape index (κ1) is 12.5. The number of likely N-dealkylation sites (tertiary alicyclic amines) is 1. The molecule has 0 aromatic carbocycles. The maximum atomic E-state index is 8.89. The Balaban J connectivity index is 2.50. The van der Waals surface area contributed by atoms with Crippen molar-refractivity contribution in [2.24, 2.45) is 11.1 Å². The molecule has 2 atom stereocenters. The second-order valence-corrected chi connectivity index (χ2v) is 5.97. The second kappa shape index (κ2) is 4.11. The Morgan fingerprint density at radius 2 is 2.20 bits per heavy atom. The van der Waals surface area contributed by atoms with Crippen molar-refractivity contribution in [1.82, 2.24) is 4.90 Å². The van der Waals surface area contributed by atoms with Gasteiger partial charge in [0, 0.05) is 12.6 Å². The van der Waals surface area contributed by atoms with E-state index in [9.17, 15) is 0 Å². The van der Waals surface area contributed by atoms with Gasteiger partial charge in [-0.2, -0.15) is 5.26 Å². The lowest BCUT2D eigenvalue weighted by Gasteiger charge is -2.29. The van der Waals surface area contributed by atoms with Crippen LogP contribution in [0.25, 0.3) is 0 Å². The Hall–Kier alpha value is -0.590. The zero-order valence-corrected chi connectivity index (χ0v) is 10.4. The summed E-state index contributed by atoms with van der Waals surface area (Å²) in [5.74, 6) is 0. The Morgan fingerprint density at radius 3 is 2.60 bits per heavy atom. The summed E-state index contributed by atoms with van der Waals surface area (Å²) in [4.78, 5) is 2.45. The number of nitrogens with two attached hydrogens (primary N) is 1. The highest BCUT2D eigenvalue weighted by atomic mass is 15.2. The summed E-state index contributed by atoms with van der Waals surface area (Å²) in [5.41, 5.74) is 5.60. The maximum absolute atomic E-state index is 8.89. The van der Waals surface area contributed by atoms with Gasteiger partial charge in [-0.15, -0.1) is 0 Å². The van der Waals surface area contributed by atoms with Crippen molar-refractivity contribution in [3.63, 3.8) is 0 Å². The van der Waals surface area contributed by atoms with Gasteiger partial charge >= 0.3 is 0 Å². The molecule has 1 aliphatic rings. The van der Waals surface area contributed by atoms with Crippen LogP contribution in [0.2, 0.25) is 0 Å². The monoisotopic (exact) mass is 209 g/mol. The van der Waals surface area contributed by atoms with Crippen molar-refractivity contribution in [1.29, 1.82) is 5.26 Å². The van der Waals surface area contributed by atoms with Crippen LogP contribution in [0.5, 0.6) is 0 Å². The molecule has 1 rings (SSSR count). The normalized spacial score (nSPS) is 26.9. The standard InChI is InChI=1S/C12H23N3/c1-10(7-12(4,14)8-13)15-6-5-11(2,3)9-15/h10H,5-7,9,14H2,1-4H3. The van der Waals surface area contributed by atoms with Crippen LogP contribution in [0.15, 0.2) is 0 Å². The Kier molecular flexibility index (Phi) is 3.42. The van der Waals surface area contributed by atoms with Crippen molar-refractivity contribution >= 4 is 0 Å². The fraction of sp³-hybridized carbons (Fsp3) is 0.917. The van der Waals surface area contributed by atoms with E-state index in [0.717, 1.165) is 19.5 Å².